The summed E-state index contributed by atoms with van der Waals surface area (Å²) < 4.78 is 12.4. The molecule has 276 valence electrons. The number of ether oxygens (including phenoxy) is 2. The predicted molar refractivity (Wildman–Crippen MR) is 206 cm³/mol. The van der Waals surface area contributed by atoms with Gasteiger partial charge in [0.2, 0.25) is 5.72 Å². The molecule has 1 aliphatic heterocycles. The SMILES string of the molecule is CCCCC(C=O)(Oc1cc(C)ccc1N(C)C(=O)c1ccc(NC(=O)c2cccc3[nH]c(Cc4ccccn4)nc23)c(OC)c1)N1CCN(C)CC1. The van der Waals surface area contributed by atoms with E-state index in [4.69, 9.17) is 14.5 Å². The number of aryl methyl sites for hydroxylation is 1. The van der Waals surface area contributed by atoms with Crippen molar-refractivity contribution in [3.63, 3.8) is 0 Å². The third kappa shape index (κ3) is 8.24. The number of aromatic amines is 1. The lowest BCUT2D eigenvalue weighted by molar-refractivity contribution is -0.146. The van der Waals surface area contributed by atoms with Gasteiger partial charge in [0.05, 0.1) is 29.6 Å². The fraction of sp³-hybridized carbons (Fsp3) is 0.341. The lowest BCUT2D eigenvalue weighted by Crippen LogP contribution is -2.60. The second-order valence-electron chi connectivity index (χ2n) is 13.5. The Bertz CT molecular complexity index is 2080. The average Bonchev–Trinajstić information content (AvgIpc) is 3.59. The van der Waals surface area contributed by atoms with E-state index in [1.807, 2.05) is 49.4 Å². The molecule has 0 bridgehead atoms. The molecular formula is C41H47N7O5. The zero-order chi connectivity index (χ0) is 37.5. The number of para-hydroxylation sites is 1. The summed E-state index contributed by atoms with van der Waals surface area (Å²) in [6.45, 7) is 7.09. The first-order valence-electron chi connectivity index (χ1n) is 18.0. The molecule has 12 nitrogen and oxygen atoms in total. The molecule has 1 unspecified atom stereocenters. The molecule has 1 fully saturated rings. The number of H-pyrrole nitrogens is 1. The van der Waals surface area contributed by atoms with Crippen LogP contribution in [0.1, 0.15) is 64.0 Å². The summed E-state index contributed by atoms with van der Waals surface area (Å²) in [5.74, 6) is 0.779. The average molecular weight is 718 g/mol. The molecule has 0 radical (unpaired) electrons. The van der Waals surface area contributed by atoms with Crippen molar-refractivity contribution in [3.8, 4) is 11.5 Å². The van der Waals surface area contributed by atoms with Gasteiger partial charge in [-0.05, 0) is 80.6 Å². The number of rotatable bonds is 14. The number of anilines is 2. The number of fused-ring (bicyclic) bond motifs is 1. The van der Waals surface area contributed by atoms with Crippen LogP contribution >= 0.6 is 0 Å². The molecule has 0 aliphatic carbocycles. The van der Waals surface area contributed by atoms with Crippen molar-refractivity contribution in [1.29, 1.82) is 0 Å². The van der Waals surface area contributed by atoms with Crippen LogP contribution in [0.4, 0.5) is 11.4 Å². The van der Waals surface area contributed by atoms with Gasteiger partial charge in [-0.1, -0.05) is 31.5 Å². The number of methoxy groups -OCH3 is 1. The summed E-state index contributed by atoms with van der Waals surface area (Å²) in [6, 6.07) is 21.6. The lowest BCUT2D eigenvalue weighted by Gasteiger charge is -2.44. The van der Waals surface area contributed by atoms with Crippen molar-refractivity contribution in [1.82, 2.24) is 24.8 Å². The summed E-state index contributed by atoms with van der Waals surface area (Å²) in [6.07, 6.45) is 5.42. The van der Waals surface area contributed by atoms with E-state index in [0.717, 1.165) is 49.0 Å². The van der Waals surface area contributed by atoms with E-state index in [9.17, 15) is 14.4 Å². The third-order valence-corrected chi connectivity index (χ3v) is 9.76. The number of carbonyl (C=O) groups is 3. The summed E-state index contributed by atoms with van der Waals surface area (Å²) in [4.78, 5) is 58.9. The van der Waals surface area contributed by atoms with Gasteiger partial charge in [0.1, 0.15) is 22.8 Å². The number of hydrogen-bond donors (Lipinski definition) is 2. The van der Waals surface area contributed by atoms with Gasteiger partial charge in [-0.25, -0.2) is 4.98 Å². The monoisotopic (exact) mass is 717 g/mol. The van der Waals surface area contributed by atoms with Crippen LogP contribution in [0.15, 0.2) is 79.0 Å². The Balaban J connectivity index is 1.23. The molecule has 1 aliphatic rings. The predicted octanol–water partition coefficient (Wildman–Crippen LogP) is 6.11. The number of pyridine rings is 1. The van der Waals surface area contributed by atoms with Gasteiger partial charge in [0.25, 0.3) is 11.8 Å². The van der Waals surface area contributed by atoms with Crippen LogP contribution in [0, 0.1) is 6.92 Å². The standard InChI is InChI=1S/C41H47N7O5/c1-6-7-18-41(27-49,48-22-20-46(3)21-23-48)53-36-24-28(2)14-17-34(36)47(4)40(51)29-15-16-32(35(25-29)52-5)44-39(50)31-12-10-13-33-38(31)45-37(43-33)26-30-11-8-9-19-42-30/h8-17,19,24-25,27H,6-7,18,20-23,26H2,1-5H3,(H,43,45)(H,44,50). The lowest BCUT2D eigenvalue weighted by atomic mass is 10.0. The highest BCUT2D eigenvalue weighted by Crippen LogP contribution is 2.36. The molecule has 53 heavy (non-hydrogen) atoms. The smallest absolute Gasteiger partial charge is 0.258 e. The number of benzene rings is 3. The van der Waals surface area contributed by atoms with Crippen LogP contribution < -0.4 is 19.7 Å². The Morgan fingerprint density at radius 3 is 2.55 bits per heavy atom. The van der Waals surface area contributed by atoms with Crippen molar-refractivity contribution in [2.45, 2.75) is 45.3 Å². The highest BCUT2D eigenvalue weighted by molar-refractivity contribution is 6.12. The number of imidazole rings is 1. The molecule has 1 saturated heterocycles. The molecule has 3 aromatic carbocycles. The minimum absolute atomic E-state index is 0.317. The Kier molecular flexibility index (Phi) is 11.5. The van der Waals surface area contributed by atoms with Gasteiger partial charge < -0.3 is 29.6 Å². The molecule has 2 N–H and O–H groups in total. The summed E-state index contributed by atoms with van der Waals surface area (Å²) in [7, 11) is 5.24. The maximum absolute atomic E-state index is 14.1. The molecule has 1 atom stereocenters. The summed E-state index contributed by atoms with van der Waals surface area (Å²) in [5.41, 5.74) is 3.58. The van der Waals surface area contributed by atoms with E-state index in [-0.39, 0.29) is 11.8 Å². The van der Waals surface area contributed by atoms with Crippen LogP contribution in [0.2, 0.25) is 0 Å². The van der Waals surface area contributed by atoms with Gasteiger partial charge >= 0.3 is 0 Å². The maximum atomic E-state index is 14.1. The van der Waals surface area contributed by atoms with Crippen molar-refractivity contribution < 1.29 is 23.9 Å². The number of amides is 2. The van der Waals surface area contributed by atoms with E-state index >= 15 is 0 Å². The van der Waals surface area contributed by atoms with Crippen LogP contribution in [0.25, 0.3) is 11.0 Å². The topological polar surface area (TPSA) is 133 Å². The van der Waals surface area contributed by atoms with Crippen LogP contribution in [0.5, 0.6) is 11.5 Å². The van der Waals surface area contributed by atoms with Crippen molar-refractivity contribution in [3.05, 3.63) is 107 Å². The van der Waals surface area contributed by atoms with E-state index in [1.165, 1.54) is 12.0 Å². The first-order chi connectivity index (χ1) is 25.6. The summed E-state index contributed by atoms with van der Waals surface area (Å²) >= 11 is 0. The first-order valence-corrected chi connectivity index (χ1v) is 18.0. The molecular weight excluding hydrogens is 670 g/mol. The third-order valence-electron chi connectivity index (χ3n) is 9.76. The second-order valence-corrected chi connectivity index (χ2v) is 13.5. The van der Waals surface area contributed by atoms with Gasteiger partial charge in [-0.15, -0.1) is 0 Å². The van der Waals surface area contributed by atoms with Crippen molar-refractivity contribution in [2.24, 2.45) is 0 Å². The number of hydrogen-bond acceptors (Lipinski definition) is 9. The number of aromatic nitrogens is 3. The van der Waals surface area contributed by atoms with Gasteiger partial charge in [0.15, 0.2) is 6.29 Å². The zero-order valence-corrected chi connectivity index (χ0v) is 31.0. The first kappa shape index (κ1) is 37.2. The molecule has 5 aromatic rings. The normalized spacial score (nSPS) is 14.7. The van der Waals surface area contributed by atoms with Crippen LogP contribution in [0.3, 0.4) is 0 Å². The number of unbranched alkanes of at least 4 members (excludes halogenated alkanes) is 1. The van der Waals surface area contributed by atoms with Gasteiger partial charge in [0, 0.05) is 63.5 Å². The number of nitrogens with zero attached hydrogens (tertiary/aromatic N) is 5. The Labute approximate surface area is 310 Å². The van der Waals surface area contributed by atoms with E-state index in [1.54, 1.807) is 43.6 Å². The molecule has 2 amide bonds. The summed E-state index contributed by atoms with van der Waals surface area (Å²) in [5, 5.41) is 2.94. The van der Waals surface area contributed by atoms with Crippen molar-refractivity contribution in [2.75, 3.05) is 57.6 Å². The largest absolute Gasteiger partial charge is 0.495 e. The second kappa shape index (κ2) is 16.4. The molecule has 12 heteroatoms. The molecule has 3 heterocycles. The number of likely N-dealkylation sites (N-methyl/N-ethyl adjacent to an activating group) is 1. The van der Waals surface area contributed by atoms with Crippen LogP contribution in [-0.2, 0) is 11.2 Å². The highest BCUT2D eigenvalue weighted by Gasteiger charge is 2.41. The maximum Gasteiger partial charge on any atom is 0.258 e. The molecule has 2 aromatic heterocycles. The molecule has 0 spiro atoms. The Hall–Kier alpha value is -5.59. The zero-order valence-electron chi connectivity index (χ0n) is 31.0. The Morgan fingerprint density at radius 1 is 1.02 bits per heavy atom. The number of nitrogens with one attached hydrogen (secondary N) is 2. The van der Waals surface area contributed by atoms with E-state index in [0.29, 0.717) is 71.3 Å². The number of carbonyl (C=O) groups excluding carboxylic acids is 3. The fourth-order valence-electron chi connectivity index (χ4n) is 6.66. The minimum Gasteiger partial charge on any atom is -0.495 e. The quantitative estimate of drug-likeness (QED) is 0.131. The van der Waals surface area contributed by atoms with Gasteiger partial charge in [-0.2, -0.15) is 0 Å². The molecule has 6 rings (SSSR count). The number of piperazine rings is 1. The number of aldehydes is 1. The van der Waals surface area contributed by atoms with Gasteiger partial charge in [-0.3, -0.25) is 24.3 Å². The minimum atomic E-state index is -1.16. The fourth-order valence-corrected chi connectivity index (χ4v) is 6.66. The highest BCUT2D eigenvalue weighted by atomic mass is 16.5. The Morgan fingerprint density at radius 2 is 1.83 bits per heavy atom. The van der Waals surface area contributed by atoms with Crippen molar-refractivity contribution >= 4 is 40.5 Å². The van der Waals surface area contributed by atoms with E-state index < -0.39 is 5.72 Å². The molecule has 0 saturated carbocycles. The van der Waals surface area contributed by atoms with Crippen LogP contribution in [-0.4, -0.2) is 96.0 Å². The van der Waals surface area contributed by atoms with E-state index in [2.05, 4.69) is 39.1 Å².